The van der Waals surface area contributed by atoms with Gasteiger partial charge in [-0.05, 0) is 38.3 Å². The van der Waals surface area contributed by atoms with Gasteiger partial charge >= 0.3 is 0 Å². The third kappa shape index (κ3) is 5.18. The molecule has 0 amide bonds. The first-order valence-corrected chi connectivity index (χ1v) is 11.1. The standard InChI is InChI=1S/C23H29N3O2S/c1-5-6-7-8-9-18-10-12-19(13-11-18)21(27)17(3)29-23-25-24-22(26(23)4)20-14-15-28-16(20)2/h10-15,17H,5-9H2,1-4H3/t17-/m1/s1. The average Bonchev–Trinajstić information content (AvgIpc) is 3.30. The van der Waals surface area contributed by atoms with Crippen LogP contribution in [0.3, 0.4) is 0 Å². The number of rotatable bonds is 10. The summed E-state index contributed by atoms with van der Waals surface area (Å²) in [5.41, 5.74) is 2.96. The average molecular weight is 412 g/mol. The quantitative estimate of drug-likeness (QED) is 0.237. The first-order chi connectivity index (χ1) is 14.0. The second-order valence-electron chi connectivity index (χ2n) is 7.39. The Bertz CT molecular complexity index is 943. The summed E-state index contributed by atoms with van der Waals surface area (Å²) in [5, 5.41) is 9.02. The van der Waals surface area contributed by atoms with Gasteiger partial charge < -0.3 is 8.98 Å². The lowest BCUT2D eigenvalue weighted by molar-refractivity contribution is 0.0994. The summed E-state index contributed by atoms with van der Waals surface area (Å²) in [5.74, 6) is 1.65. The van der Waals surface area contributed by atoms with Crippen LogP contribution in [0, 0.1) is 6.92 Å². The predicted molar refractivity (Wildman–Crippen MR) is 117 cm³/mol. The van der Waals surface area contributed by atoms with Crippen molar-refractivity contribution in [3.05, 3.63) is 53.5 Å². The number of benzene rings is 1. The van der Waals surface area contributed by atoms with Crippen molar-refractivity contribution in [1.82, 2.24) is 14.8 Å². The van der Waals surface area contributed by atoms with E-state index >= 15 is 0 Å². The molecule has 5 nitrogen and oxygen atoms in total. The van der Waals surface area contributed by atoms with Gasteiger partial charge in [0.25, 0.3) is 0 Å². The molecule has 0 aliphatic rings. The molecule has 0 spiro atoms. The van der Waals surface area contributed by atoms with Gasteiger partial charge in [-0.25, -0.2) is 0 Å². The molecule has 3 rings (SSSR count). The number of aryl methyl sites for hydroxylation is 2. The van der Waals surface area contributed by atoms with E-state index in [4.69, 9.17) is 4.42 Å². The first-order valence-electron chi connectivity index (χ1n) is 10.2. The minimum absolute atomic E-state index is 0.108. The molecular weight excluding hydrogens is 382 g/mol. The lowest BCUT2D eigenvalue weighted by Crippen LogP contribution is -2.14. The van der Waals surface area contributed by atoms with Gasteiger partial charge in [0.05, 0.1) is 17.1 Å². The van der Waals surface area contributed by atoms with E-state index in [9.17, 15) is 4.79 Å². The summed E-state index contributed by atoms with van der Waals surface area (Å²) < 4.78 is 7.27. The van der Waals surface area contributed by atoms with E-state index in [2.05, 4.69) is 29.3 Å². The molecule has 0 fully saturated rings. The van der Waals surface area contributed by atoms with Crippen molar-refractivity contribution in [2.24, 2.45) is 7.05 Å². The second kappa shape index (κ2) is 9.92. The largest absolute Gasteiger partial charge is 0.469 e. The Morgan fingerprint density at radius 1 is 1.14 bits per heavy atom. The fourth-order valence-electron chi connectivity index (χ4n) is 3.31. The summed E-state index contributed by atoms with van der Waals surface area (Å²) in [6.45, 7) is 6.04. The van der Waals surface area contributed by atoms with Crippen molar-refractivity contribution in [2.75, 3.05) is 0 Å². The number of ketones is 1. The lowest BCUT2D eigenvalue weighted by Gasteiger charge is -2.11. The molecule has 0 saturated carbocycles. The van der Waals surface area contributed by atoms with Gasteiger partial charge in [0, 0.05) is 12.6 Å². The van der Waals surface area contributed by atoms with Crippen molar-refractivity contribution in [2.45, 2.75) is 63.3 Å². The van der Waals surface area contributed by atoms with Gasteiger partial charge in [-0.3, -0.25) is 4.79 Å². The van der Waals surface area contributed by atoms with E-state index in [0.29, 0.717) is 5.16 Å². The highest BCUT2D eigenvalue weighted by Gasteiger charge is 2.21. The minimum atomic E-state index is -0.244. The van der Waals surface area contributed by atoms with Gasteiger partial charge in [-0.15, -0.1) is 10.2 Å². The predicted octanol–water partition coefficient (Wildman–Crippen LogP) is 5.87. The minimum Gasteiger partial charge on any atom is -0.469 e. The van der Waals surface area contributed by atoms with E-state index in [0.717, 1.165) is 29.1 Å². The number of hydrogen-bond donors (Lipinski definition) is 0. The molecule has 0 bridgehead atoms. The zero-order valence-corrected chi connectivity index (χ0v) is 18.5. The normalized spacial score (nSPS) is 12.3. The number of carbonyl (C=O) groups excluding carboxylic acids is 1. The highest BCUT2D eigenvalue weighted by atomic mass is 32.2. The molecule has 0 N–H and O–H groups in total. The van der Waals surface area contributed by atoms with Crippen molar-refractivity contribution in [3.8, 4) is 11.4 Å². The van der Waals surface area contributed by atoms with E-state index in [-0.39, 0.29) is 11.0 Å². The maximum Gasteiger partial charge on any atom is 0.191 e. The molecule has 0 radical (unpaired) electrons. The Kier molecular flexibility index (Phi) is 7.31. The molecule has 0 aliphatic carbocycles. The van der Waals surface area contributed by atoms with Gasteiger partial charge in [-0.1, -0.05) is 62.2 Å². The number of unbranched alkanes of at least 4 members (excludes halogenated alkanes) is 3. The van der Waals surface area contributed by atoms with Crippen LogP contribution in [-0.4, -0.2) is 25.8 Å². The van der Waals surface area contributed by atoms with E-state index in [1.165, 1.54) is 43.0 Å². The van der Waals surface area contributed by atoms with E-state index in [1.54, 1.807) is 6.26 Å². The molecule has 2 aromatic heterocycles. The third-order valence-corrected chi connectivity index (χ3v) is 6.28. The molecule has 0 saturated heterocycles. The maximum absolute atomic E-state index is 12.9. The Labute approximate surface area is 176 Å². The molecule has 154 valence electrons. The molecule has 2 heterocycles. The summed E-state index contributed by atoms with van der Waals surface area (Å²) in [6.07, 6.45) is 7.73. The molecule has 1 aromatic carbocycles. The summed E-state index contributed by atoms with van der Waals surface area (Å²) >= 11 is 1.43. The van der Waals surface area contributed by atoms with Crippen LogP contribution in [0.1, 0.15) is 61.2 Å². The van der Waals surface area contributed by atoms with Gasteiger partial charge in [0.1, 0.15) is 5.76 Å². The van der Waals surface area contributed by atoms with Crippen LogP contribution in [0.15, 0.2) is 46.2 Å². The monoisotopic (exact) mass is 411 g/mol. The number of thioether (sulfide) groups is 1. The molecule has 0 unspecified atom stereocenters. The molecule has 1 atom stereocenters. The van der Waals surface area contributed by atoms with Crippen molar-refractivity contribution < 1.29 is 9.21 Å². The number of hydrogen-bond acceptors (Lipinski definition) is 5. The lowest BCUT2D eigenvalue weighted by atomic mass is 10.0. The third-order valence-electron chi connectivity index (χ3n) is 5.14. The van der Waals surface area contributed by atoms with E-state index < -0.39 is 0 Å². The van der Waals surface area contributed by atoms with Crippen LogP contribution in [0.2, 0.25) is 0 Å². The van der Waals surface area contributed by atoms with Crippen LogP contribution in [0.4, 0.5) is 0 Å². The number of Topliss-reactive ketones (excluding diaryl/α,β-unsaturated/α-hetero) is 1. The molecule has 0 aliphatic heterocycles. The van der Waals surface area contributed by atoms with Crippen LogP contribution in [0.25, 0.3) is 11.4 Å². The number of nitrogens with zero attached hydrogens (tertiary/aromatic N) is 3. The first kappa shape index (κ1) is 21.4. The molecule has 3 aromatic rings. The van der Waals surface area contributed by atoms with Gasteiger partial charge in [0.15, 0.2) is 16.8 Å². The summed E-state index contributed by atoms with van der Waals surface area (Å²) in [7, 11) is 1.91. The Hall–Kier alpha value is -2.34. The molecule has 29 heavy (non-hydrogen) atoms. The van der Waals surface area contributed by atoms with Crippen LogP contribution >= 0.6 is 11.8 Å². The Balaban J connectivity index is 1.62. The maximum atomic E-state index is 12.9. The van der Waals surface area contributed by atoms with Gasteiger partial charge in [0.2, 0.25) is 0 Å². The number of carbonyl (C=O) groups is 1. The second-order valence-corrected chi connectivity index (χ2v) is 8.70. The van der Waals surface area contributed by atoms with E-state index in [1.807, 2.05) is 43.7 Å². The SMILES string of the molecule is CCCCCCc1ccc(C(=O)[C@@H](C)Sc2nnc(-c3ccoc3C)n2C)cc1. The smallest absolute Gasteiger partial charge is 0.191 e. The van der Waals surface area contributed by atoms with Crippen molar-refractivity contribution in [1.29, 1.82) is 0 Å². The number of aromatic nitrogens is 3. The highest BCUT2D eigenvalue weighted by molar-refractivity contribution is 8.00. The Morgan fingerprint density at radius 3 is 2.55 bits per heavy atom. The van der Waals surface area contributed by atoms with Crippen LogP contribution in [-0.2, 0) is 13.5 Å². The zero-order valence-electron chi connectivity index (χ0n) is 17.6. The van der Waals surface area contributed by atoms with Crippen molar-refractivity contribution >= 4 is 17.5 Å². The Morgan fingerprint density at radius 2 is 1.90 bits per heavy atom. The summed E-state index contributed by atoms with van der Waals surface area (Å²) in [4.78, 5) is 12.9. The van der Waals surface area contributed by atoms with Crippen molar-refractivity contribution in [3.63, 3.8) is 0 Å². The summed E-state index contributed by atoms with van der Waals surface area (Å²) in [6, 6.07) is 9.94. The number of furan rings is 1. The zero-order chi connectivity index (χ0) is 20.8. The molecule has 6 heteroatoms. The van der Waals surface area contributed by atoms with Crippen LogP contribution < -0.4 is 0 Å². The fourth-order valence-corrected chi connectivity index (χ4v) is 4.20. The van der Waals surface area contributed by atoms with Gasteiger partial charge in [-0.2, -0.15) is 0 Å². The van der Waals surface area contributed by atoms with Crippen LogP contribution in [0.5, 0.6) is 0 Å². The highest BCUT2D eigenvalue weighted by Crippen LogP contribution is 2.29. The fraction of sp³-hybridized carbons (Fsp3) is 0.435. The topological polar surface area (TPSA) is 60.9 Å². The molecular formula is C23H29N3O2S.